The van der Waals surface area contributed by atoms with Gasteiger partial charge in [0.2, 0.25) is 0 Å². The second kappa shape index (κ2) is 8.39. The van der Waals surface area contributed by atoms with E-state index >= 15 is 0 Å². The first-order chi connectivity index (χ1) is 18.9. The van der Waals surface area contributed by atoms with E-state index in [0.29, 0.717) is 24.6 Å². The minimum absolute atomic E-state index is 0.124. The van der Waals surface area contributed by atoms with Gasteiger partial charge in [-0.3, -0.25) is 9.69 Å². The molecular formula is C24H29N11O2. The largest absolute Gasteiger partial charge is 0.363 e. The third-order valence-electron chi connectivity index (χ3n) is 7.11. The number of aryl methyl sites for hydroxylation is 2. The van der Waals surface area contributed by atoms with E-state index in [-0.39, 0.29) is 35.3 Å². The molecule has 3 amide bonds. The molecule has 13 heteroatoms. The summed E-state index contributed by atoms with van der Waals surface area (Å²) >= 11 is 0. The van der Waals surface area contributed by atoms with E-state index in [9.17, 15) is 9.59 Å². The predicted octanol–water partition coefficient (Wildman–Crippen LogP) is 1.99. The van der Waals surface area contributed by atoms with Crippen LogP contribution in [0.3, 0.4) is 0 Å². The van der Waals surface area contributed by atoms with Crippen molar-refractivity contribution in [3.63, 3.8) is 0 Å². The number of carbonyl (C=O) groups excluding carboxylic acids is 2. The number of rotatable bonds is 5. The number of anilines is 4. The van der Waals surface area contributed by atoms with Gasteiger partial charge in [-0.25, -0.2) is 9.78 Å². The zero-order valence-electron chi connectivity index (χ0n) is 24.0. The standard InChI is InChI=1S/C24H29N11O2/c1-12-10-15-19-18(30-33(5)31-19)13(2)32(4)21(15)22(26-12)27-16-11-17(28-29-20(16)23(36)25-3)35-9-8-34(24(35)37)14-6-7-14/h10-11,13-14H,6-9H2,1-5H3,(H,25,36)(H,26,27,28)/t13-/m0/s1/i3D3. The fourth-order valence-electron chi connectivity index (χ4n) is 5.02. The van der Waals surface area contributed by atoms with Crippen molar-refractivity contribution in [3.8, 4) is 11.3 Å². The van der Waals surface area contributed by atoms with Gasteiger partial charge in [0.25, 0.3) is 5.91 Å². The number of carbonyl (C=O) groups is 2. The lowest BCUT2D eigenvalue weighted by atomic mass is 9.98. The highest BCUT2D eigenvalue weighted by Gasteiger charge is 2.40. The van der Waals surface area contributed by atoms with E-state index in [2.05, 4.69) is 25.7 Å². The molecule has 1 saturated carbocycles. The van der Waals surface area contributed by atoms with Gasteiger partial charge in [0, 0.05) is 61.6 Å². The lowest BCUT2D eigenvalue weighted by molar-refractivity contribution is 0.0958. The number of nitrogens with one attached hydrogen (secondary N) is 2. The molecule has 3 aromatic heterocycles. The molecule has 5 heterocycles. The van der Waals surface area contributed by atoms with Gasteiger partial charge < -0.3 is 20.4 Å². The molecule has 0 spiro atoms. The highest BCUT2D eigenvalue weighted by Crippen LogP contribution is 2.46. The molecule has 192 valence electrons. The zero-order valence-corrected chi connectivity index (χ0v) is 21.0. The van der Waals surface area contributed by atoms with E-state index in [1.807, 2.05) is 42.1 Å². The summed E-state index contributed by atoms with van der Waals surface area (Å²) in [4.78, 5) is 37.7. The maximum Gasteiger partial charge on any atom is 0.326 e. The predicted molar refractivity (Wildman–Crippen MR) is 137 cm³/mol. The van der Waals surface area contributed by atoms with Crippen LogP contribution in [0.15, 0.2) is 12.1 Å². The number of nitrogens with zero attached hydrogens (tertiary/aromatic N) is 9. The molecule has 3 aliphatic rings. The van der Waals surface area contributed by atoms with Crippen molar-refractivity contribution < 1.29 is 13.7 Å². The van der Waals surface area contributed by atoms with Crippen molar-refractivity contribution >= 4 is 34.9 Å². The summed E-state index contributed by atoms with van der Waals surface area (Å²) in [7, 11) is 3.68. The Morgan fingerprint density at radius 3 is 2.73 bits per heavy atom. The van der Waals surface area contributed by atoms with Crippen molar-refractivity contribution in [3.05, 3.63) is 29.2 Å². The number of fused-ring (bicyclic) bond motifs is 3. The van der Waals surface area contributed by atoms with E-state index in [0.717, 1.165) is 35.5 Å². The molecule has 1 aliphatic carbocycles. The van der Waals surface area contributed by atoms with E-state index in [1.54, 1.807) is 7.05 Å². The van der Waals surface area contributed by atoms with Crippen molar-refractivity contribution in [2.75, 3.05) is 42.2 Å². The van der Waals surface area contributed by atoms with Gasteiger partial charge in [-0.1, -0.05) is 0 Å². The topological polar surface area (TPSA) is 137 Å². The van der Waals surface area contributed by atoms with Gasteiger partial charge in [0.15, 0.2) is 17.3 Å². The van der Waals surface area contributed by atoms with Crippen LogP contribution in [0.1, 0.15) is 51.8 Å². The van der Waals surface area contributed by atoms with Crippen molar-refractivity contribution in [2.24, 2.45) is 7.05 Å². The average Bonchev–Trinajstić information content (AvgIpc) is 3.52. The minimum atomic E-state index is -2.73. The van der Waals surface area contributed by atoms with Crippen LogP contribution in [-0.4, -0.2) is 80.2 Å². The Morgan fingerprint density at radius 2 is 1.97 bits per heavy atom. The van der Waals surface area contributed by atoms with E-state index in [1.165, 1.54) is 15.8 Å². The maximum atomic E-state index is 13.1. The molecule has 1 saturated heterocycles. The number of aromatic nitrogens is 6. The summed E-state index contributed by atoms with van der Waals surface area (Å²) < 4.78 is 22.5. The Labute approximate surface area is 218 Å². The highest BCUT2D eigenvalue weighted by atomic mass is 16.2. The molecule has 37 heavy (non-hydrogen) atoms. The quantitative estimate of drug-likeness (QED) is 0.532. The zero-order chi connectivity index (χ0) is 28.5. The molecule has 6 rings (SSSR count). The third kappa shape index (κ3) is 3.72. The molecule has 1 atom stereocenters. The van der Waals surface area contributed by atoms with Gasteiger partial charge >= 0.3 is 6.03 Å². The molecule has 2 N–H and O–H groups in total. The van der Waals surface area contributed by atoms with Crippen molar-refractivity contribution in [1.29, 1.82) is 0 Å². The first-order valence-corrected chi connectivity index (χ1v) is 12.1. The molecule has 0 unspecified atom stereocenters. The number of urea groups is 1. The Bertz CT molecular complexity index is 1530. The number of amides is 3. The van der Waals surface area contributed by atoms with Crippen LogP contribution in [-0.2, 0) is 7.05 Å². The van der Waals surface area contributed by atoms with Gasteiger partial charge in [0.1, 0.15) is 11.4 Å². The molecule has 3 aromatic rings. The summed E-state index contributed by atoms with van der Waals surface area (Å²) in [5.41, 5.74) is 3.70. The van der Waals surface area contributed by atoms with Crippen LogP contribution in [0.2, 0.25) is 0 Å². The first kappa shape index (κ1) is 19.8. The molecular weight excluding hydrogens is 474 g/mol. The number of hydrogen-bond donors (Lipinski definition) is 2. The Kier molecular flexibility index (Phi) is 4.50. The molecule has 2 fully saturated rings. The van der Waals surface area contributed by atoms with Crippen LogP contribution in [0, 0.1) is 6.92 Å². The summed E-state index contributed by atoms with van der Waals surface area (Å²) in [6.45, 7) is 2.12. The monoisotopic (exact) mass is 506 g/mol. The summed E-state index contributed by atoms with van der Waals surface area (Å²) in [5.74, 6) is -0.274. The Morgan fingerprint density at radius 1 is 1.16 bits per heavy atom. The summed E-state index contributed by atoms with van der Waals surface area (Å²) in [6, 6.07) is 3.41. The second-order valence-electron chi connectivity index (χ2n) is 9.62. The van der Waals surface area contributed by atoms with Gasteiger partial charge in [-0.15, -0.1) is 10.2 Å². The normalized spacial score (nSPS) is 20.2. The van der Waals surface area contributed by atoms with Crippen LogP contribution in [0.5, 0.6) is 0 Å². The molecule has 0 radical (unpaired) electrons. The molecule has 2 aliphatic heterocycles. The van der Waals surface area contributed by atoms with Gasteiger partial charge in [0.05, 0.1) is 17.4 Å². The summed E-state index contributed by atoms with van der Waals surface area (Å²) in [5, 5.41) is 22.5. The maximum absolute atomic E-state index is 13.1. The SMILES string of the molecule is [2H]C([2H])([2H])NC(=O)c1nnc(N2CCN(C3CC3)C2=O)cc1Nc1nc(C)cc2c1N(C)[C@@H](C)c1nn(C)nc1-2. The average molecular weight is 507 g/mol. The Balaban J connectivity index is 1.44. The van der Waals surface area contributed by atoms with Gasteiger partial charge in [-0.2, -0.15) is 15.0 Å². The second-order valence-corrected chi connectivity index (χ2v) is 9.62. The first-order valence-electron chi connectivity index (χ1n) is 13.6. The van der Waals surface area contributed by atoms with Gasteiger partial charge in [-0.05, 0) is 32.8 Å². The Hall–Kier alpha value is -4.29. The van der Waals surface area contributed by atoms with E-state index in [4.69, 9.17) is 9.10 Å². The van der Waals surface area contributed by atoms with E-state index < -0.39 is 12.9 Å². The van der Waals surface area contributed by atoms with Crippen LogP contribution in [0.4, 0.5) is 27.8 Å². The smallest absolute Gasteiger partial charge is 0.326 e. The van der Waals surface area contributed by atoms with Crippen molar-refractivity contribution in [1.82, 2.24) is 40.4 Å². The molecule has 0 bridgehead atoms. The van der Waals surface area contributed by atoms with Crippen LogP contribution < -0.4 is 20.4 Å². The lowest BCUT2D eigenvalue weighted by Crippen LogP contribution is -2.34. The number of pyridine rings is 1. The molecule has 13 nitrogen and oxygen atoms in total. The van der Waals surface area contributed by atoms with Crippen LogP contribution in [0.25, 0.3) is 11.3 Å². The molecule has 0 aromatic carbocycles. The minimum Gasteiger partial charge on any atom is -0.363 e. The lowest BCUT2D eigenvalue weighted by Gasteiger charge is -2.33. The third-order valence-corrected chi connectivity index (χ3v) is 7.11. The number of hydrogen-bond acceptors (Lipinski definition) is 9. The van der Waals surface area contributed by atoms with Crippen LogP contribution >= 0.6 is 0 Å². The highest BCUT2D eigenvalue weighted by molar-refractivity contribution is 6.01. The summed E-state index contributed by atoms with van der Waals surface area (Å²) in [6.07, 6.45) is 1.96. The fraction of sp³-hybridized carbons (Fsp3) is 0.458. The van der Waals surface area contributed by atoms with Crippen molar-refractivity contribution in [2.45, 2.75) is 38.8 Å². The fourth-order valence-corrected chi connectivity index (χ4v) is 5.02.